The van der Waals surface area contributed by atoms with Crippen LogP contribution in [0.4, 0.5) is 13.2 Å². The van der Waals surface area contributed by atoms with Crippen molar-refractivity contribution >= 4 is 0 Å². The third kappa shape index (κ3) is 3.48. The van der Waals surface area contributed by atoms with Crippen molar-refractivity contribution in [2.45, 2.75) is 32.0 Å². The molecule has 1 saturated heterocycles. The number of ether oxygens (including phenoxy) is 2. The van der Waals surface area contributed by atoms with Crippen molar-refractivity contribution in [1.82, 2.24) is 0 Å². The van der Waals surface area contributed by atoms with Gasteiger partial charge in [-0.2, -0.15) is 13.2 Å². The lowest BCUT2D eigenvalue weighted by Crippen LogP contribution is -2.22. The minimum absolute atomic E-state index is 0.0329. The van der Waals surface area contributed by atoms with Crippen molar-refractivity contribution in [2.75, 3.05) is 19.8 Å². The van der Waals surface area contributed by atoms with Gasteiger partial charge in [-0.3, -0.25) is 0 Å². The Morgan fingerprint density at radius 2 is 1.89 bits per heavy atom. The summed E-state index contributed by atoms with van der Waals surface area (Å²) in [6, 6.07) is 4.14. The number of hydrogen-bond acceptors (Lipinski definition) is 2. The van der Waals surface area contributed by atoms with E-state index in [1.807, 2.05) is 13.8 Å². The third-order valence-electron chi connectivity index (χ3n) is 3.16. The monoisotopic (exact) mass is 274 g/mol. The van der Waals surface area contributed by atoms with Crippen LogP contribution in [-0.2, 0) is 15.7 Å². The molecule has 1 heterocycles. The van der Waals surface area contributed by atoms with E-state index in [9.17, 15) is 13.2 Å². The highest BCUT2D eigenvalue weighted by molar-refractivity contribution is 5.35. The minimum atomic E-state index is -4.34. The van der Waals surface area contributed by atoms with Gasteiger partial charge in [0.05, 0.1) is 25.4 Å². The second kappa shape index (κ2) is 5.51. The Hall–Kier alpha value is -1.07. The van der Waals surface area contributed by atoms with Crippen LogP contribution in [0.2, 0.25) is 0 Å². The number of halogens is 3. The summed E-state index contributed by atoms with van der Waals surface area (Å²) >= 11 is 0. The first-order valence-corrected chi connectivity index (χ1v) is 6.29. The molecule has 1 atom stereocenters. The summed E-state index contributed by atoms with van der Waals surface area (Å²) < 4.78 is 49.4. The maximum absolute atomic E-state index is 12.9. The van der Waals surface area contributed by atoms with Crippen LogP contribution in [0.1, 0.15) is 42.6 Å². The van der Waals surface area contributed by atoms with Crippen molar-refractivity contribution in [1.29, 1.82) is 0 Å². The van der Waals surface area contributed by atoms with Gasteiger partial charge >= 0.3 is 6.18 Å². The second-order valence-electron chi connectivity index (χ2n) is 4.98. The van der Waals surface area contributed by atoms with Gasteiger partial charge in [-0.15, -0.1) is 0 Å². The summed E-state index contributed by atoms with van der Waals surface area (Å²) in [6.45, 7) is 4.96. The highest BCUT2D eigenvalue weighted by Gasteiger charge is 2.32. The molecule has 1 aliphatic heterocycles. The molecule has 0 radical (unpaired) electrons. The Kier molecular flexibility index (Phi) is 4.16. The van der Waals surface area contributed by atoms with E-state index < -0.39 is 17.8 Å². The van der Waals surface area contributed by atoms with Gasteiger partial charge in [0, 0.05) is 0 Å². The Morgan fingerprint density at radius 1 is 1.16 bits per heavy atom. The first kappa shape index (κ1) is 14.3. The quantitative estimate of drug-likeness (QED) is 0.814. The summed E-state index contributed by atoms with van der Waals surface area (Å²) in [5.41, 5.74) is 0.583. The molecule has 1 fully saturated rings. The molecule has 0 bridgehead atoms. The van der Waals surface area contributed by atoms with E-state index in [2.05, 4.69) is 0 Å². The highest BCUT2D eigenvalue weighted by atomic mass is 19.4. The van der Waals surface area contributed by atoms with E-state index in [4.69, 9.17) is 9.47 Å². The Bertz CT molecular complexity index is 435. The summed E-state index contributed by atoms with van der Waals surface area (Å²) in [6.07, 6.45) is -4.75. The zero-order valence-corrected chi connectivity index (χ0v) is 11.0. The standard InChI is InChI=1S/C14H17F3O2/c1-9(2)10-5-11(13-8-18-3-4-19-13)7-12(6-10)14(15,16)17/h5-7,9,13H,3-4,8H2,1-2H3. The van der Waals surface area contributed by atoms with Crippen LogP contribution in [0, 0.1) is 0 Å². The first-order valence-electron chi connectivity index (χ1n) is 6.29. The number of rotatable bonds is 2. The molecular formula is C14H17F3O2. The van der Waals surface area contributed by atoms with Gasteiger partial charge in [-0.05, 0) is 29.2 Å². The molecule has 1 aliphatic rings. The lowest BCUT2D eigenvalue weighted by molar-refractivity contribution is -0.138. The third-order valence-corrected chi connectivity index (χ3v) is 3.16. The maximum Gasteiger partial charge on any atom is 0.416 e. The van der Waals surface area contributed by atoms with Crippen molar-refractivity contribution in [2.24, 2.45) is 0 Å². The topological polar surface area (TPSA) is 18.5 Å². The molecule has 2 rings (SSSR count). The molecule has 0 aromatic heterocycles. The van der Waals surface area contributed by atoms with E-state index >= 15 is 0 Å². The van der Waals surface area contributed by atoms with E-state index in [1.165, 1.54) is 6.07 Å². The van der Waals surface area contributed by atoms with Crippen LogP contribution in [0.15, 0.2) is 18.2 Å². The Labute approximate surface area is 110 Å². The zero-order chi connectivity index (χ0) is 14.0. The SMILES string of the molecule is CC(C)c1cc(C2COCCO2)cc(C(F)(F)F)c1. The minimum Gasteiger partial charge on any atom is -0.376 e. The van der Waals surface area contributed by atoms with Crippen LogP contribution in [0.25, 0.3) is 0 Å². The van der Waals surface area contributed by atoms with Crippen molar-refractivity contribution in [3.05, 3.63) is 34.9 Å². The average molecular weight is 274 g/mol. The number of hydrogen-bond donors (Lipinski definition) is 0. The average Bonchev–Trinajstić information content (AvgIpc) is 2.38. The fraction of sp³-hybridized carbons (Fsp3) is 0.571. The van der Waals surface area contributed by atoms with Gasteiger partial charge in [0.15, 0.2) is 0 Å². The molecule has 0 N–H and O–H groups in total. The zero-order valence-electron chi connectivity index (χ0n) is 11.0. The summed E-state index contributed by atoms with van der Waals surface area (Å²) in [4.78, 5) is 0. The molecule has 0 aliphatic carbocycles. The molecule has 2 nitrogen and oxygen atoms in total. The van der Waals surface area contributed by atoms with Gasteiger partial charge in [-0.25, -0.2) is 0 Å². The predicted molar refractivity (Wildman–Crippen MR) is 65.0 cm³/mol. The maximum atomic E-state index is 12.9. The molecule has 1 aromatic rings. The molecule has 0 saturated carbocycles. The highest BCUT2D eigenvalue weighted by Crippen LogP contribution is 2.34. The molecule has 5 heteroatoms. The van der Waals surface area contributed by atoms with Gasteiger partial charge in [0.2, 0.25) is 0 Å². The summed E-state index contributed by atoms with van der Waals surface area (Å²) in [5.74, 6) is 0.0329. The van der Waals surface area contributed by atoms with Crippen molar-refractivity contribution in [3.63, 3.8) is 0 Å². The van der Waals surface area contributed by atoms with E-state index in [0.29, 0.717) is 30.9 Å². The van der Waals surface area contributed by atoms with Crippen molar-refractivity contribution in [3.8, 4) is 0 Å². The molecule has 1 aromatic carbocycles. The van der Waals surface area contributed by atoms with Crippen LogP contribution in [0.3, 0.4) is 0 Å². The fourth-order valence-corrected chi connectivity index (χ4v) is 2.04. The number of alkyl halides is 3. The molecule has 0 amide bonds. The molecule has 19 heavy (non-hydrogen) atoms. The van der Waals surface area contributed by atoms with Crippen LogP contribution < -0.4 is 0 Å². The van der Waals surface area contributed by atoms with Gasteiger partial charge in [0.1, 0.15) is 6.10 Å². The lowest BCUT2D eigenvalue weighted by Gasteiger charge is -2.25. The van der Waals surface area contributed by atoms with Crippen LogP contribution in [-0.4, -0.2) is 19.8 Å². The van der Waals surface area contributed by atoms with Crippen LogP contribution in [0.5, 0.6) is 0 Å². The van der Waals surface area contributed by atoms with Gasteiger partial charge < -0.3 is 9.47 Å². The van der Waals surface area contributed by atoms with E-state index in [1.54, 1.807) is 6.07 Å². The predicted octanol–water partition coefficient (Wildman–Crippen LogP) is 3.92. The van der Waals surface area contributed by atoms with E-state index in [-0.39, 0.29) is 5.92 Å². The second-order valence-corrected chi connectivity index (χ2v) is 4.98. The Balaban J connectivity index is 2.39. The smallest absolute Gasteiger partial charge is 0.376 e. The summed E-state index contributed by atoms with van der Waals surface area (Å²) in [7, 11) is 0. The number of benzene rings is 1. The van der Waals surface area contributed by atoms with Gasteiger partial charge in [-0.1, -0.05) is 19.9 Å². The first-order chi connectivity index (χ1) is 8.88. The Morgan fingerprint density at radius 3 is 2.42 bits per heavy atom. The van der Waals surface area contributed by atoms with E-state index in [0.717, 1.165) is 6.07 Å². The molecular weight excluding hydrogens is 257 g/mol. The molecule has 106 valence electrons. The van der Waals surface area contributed by atoms with Crippen molar-refractivity contribution < 1.29 is 22.6 Å². The summed E-state index contributed by atoms with van der Waals surface area (Å²) in [5, 5.41) is 0. The van der Waals surface area contributed by atoms with Crippen LogP contribution >= 0.6 is 0 Å². The normalized spacial score (nSPS) is 20.8. The molecule has 1 unspecified atom stereocenters. The van der Waals surface area contributed by atoms with Gasteiger partial charge in [0.25, 0.3) is 0 Å². The molecule has 0 spiro atoms. The largest absolute Gasteiger partial charge is 0.416 e. The fourth-order valence-electron chi connectivity index (χ4n) is 2.04. The lowest BCUT2D eigenvalue weighted by atomic mass is 9.95.